The average Bonchev–Trinajstić information content (AvgIpc) is 3.60. The van der Waals surface area contributed by atoms with E-state index in [2.05, 4.69) is 20.6 Å². The second kappa shape index (κ2) is 15.6. The van der Waals surface area contributed by atoms with E-state index in [0.29, 0.717) is 51.7 Å². The molecule has 246 valence electrons. The number of carbonyl (C=O) groups excluding carboxylic acids is 1. The Hall–Kier alpha value is -4.22. The van der Waals surface area contributed by atoms with Crippen LogP contribution >= 0.6 is 23.2 Å². The van der Waals surface area contributed by atoms with E-state index >= 15 is 0 Å². The smallest absolute Gasteiger partial charge is 0.308 e. The largest absolute Gasteiger partial charge is 0.496 e. The summed E-state index contributed by atoms with van der Waals surface area (Å²) in [6.45, 7) is 5.65. The highest BCUT2D eigenvalue weighted by molar-refractivity contribution is 6.39. The number of esters is 1. The number of hydrogen-bond acceptors (Lipinski definition) is 10. The molecule has 1 aliphatic heterocycles. The molecule has 0 unspecified atom stereocenters. The van der Waals surface area contributed by atoms with E-state index in [1.807, 2.05) is 54.6 Å². The Morgan fingerprint density at radius 1 is 1.00 bits per heavy atom. The van der Waals surface area contributed by atoms with Crippen molar-refractivity contribution in [1.82, 2.24) is 20.6 Å². The van der Waals surface area contributed by atoms with Crippen molar-refractivity contribution in [3.63, 3.8) is 0 Å². The van der Waals surface area contributed by atoms with E-state index in [-0.39, 0.29) is 19.1 Å². The fourth-order valence-electron chi connectivity index (χ4n) is 5.28. The second-order valence-electron chi connectivity index (χ2n) is 11.2. The van der Waals surface area contributed by atoms with Gasteiger partial charge in [0.2, 0.25) is 5.88 Å². The molecule has 4 aromatic rings. The molecule has 0 saturated carbocycles. The molecular weight excluding hydrogens is 641 g/mol. The molecule has 5 rings (SSSR count). The highest BCUT2D eigenvalue weighted by Gasteiger charge is 2.20. The zero-order valence-corrected chi connectivity index (χ0v) is 28.2. The molecule has 0 saturated heterocycles. The molecule has 1 aliphatic rings. The number of aliphatic imine (C=N–C) groups is 1. The Balaban J connectivity index is 1.37. The zero-order chi connectivity index (χ0) is 33.5. The number of nitrogens with zero attached hydrogens (tertiary/aromatic N) is 3. The minimum Gasteiger partial charge on any atom is -0.496 e. The van der Waals surface area contributed by atoms with Crippen LogP contribution in [0.2, 0.25) is 10.0 Å². The standard InChI is InChI=1S/C35H37Cl2N5O5/c1-20(2)47-30(44)17-23(43)19-38-18-22-9-8-21(16-29(22)45-3)33-32(37)25(12-13-39-33)24-6-5-7-26(31(24)36)28-11-10-27(35(42-28)46-4)34-40-14-15-41-34/h5-13,16,20,23,38,43H,14-15,17-19H2,1-4H3,(H,40,41)/t23-/m0/s1. The first-order valence-electron chi connectivity index (χ1n) is 15.2. The van der Waals surface area contributed by atoms with Crippen LogP contribution in [0.1, 0.15) is 31.4 Å². The van der Waals surface area contributed by atoms with Crippen LogP contribution in [0.15, 0.2) is 65.8 Å². The summed E-state index contributed by atoms with van der Waals surface area (Å²) < 4.78 is 16.4. The number of aliphatic hydroxyl groups is 1. The first-order chi connectivity index (χ1) is 22.7. The third-order valence-corrected chi connectivity index (χ3v) is 8.25. The van der Waals surface area contributed by atoms with E-state index in [1.54, 1.807) is 34.3 Å². The number of hydrogen-bond donors (Lipinski definition) is 3. The topological polar surface area (TPSA) is 127 Å². The van der Waals surface area contributed by atoms with Gasteiger partial charge >= 0.3 is 5.97 Å². The van der Waals surface area contributed by atoms with Crippen molar-refractivity contribution >= 4 is 35.0 Å². The lowest BCUT2D eigenvalue weighted by Gasteiger charge is -2.16. The van der Waals surface area contributed by atoms with Crippen molar-refractivity contribution in [1.29, 1.82) is 0 Å². The van der Waals surface area contributed by atoms with Crippen molar-refractivity contribution in [2.45, 2.75) is 39.0 Å². The number of carbonyl (C=O) groups is 1. The summed E-state index contributed by atoms with van der Waals surface area (Å²) in [5, 5.41) is 17.6. The van der Waals surface area contributed by atoms with Gasteiger partial charge in [-0.1, -0.05) is 53.5 Å². The van der Waals surface area contributed by atoms with Gasteiger partial charge in [-0.15, -0.1) is 0 Å². The highest BCUT2D eigenvalue weighted by atomic mass is 35.5. The number of methoxy groups -OCH3 is 2. The number of aliphatic hydroxyl groups excluding tert-OH is 1. The van der Waals surface area contributed by atoms with Gasteiger partial charge in [0.1, 0.15) is 11.6 Å². The first-order valence-corrected chi connectivity index (χ1v) is 16.0. The molecule has 12 heteroatoms. The van der Waals surface area contributed by atoms with Crippen molar-refractivity contribution in [3.05, 3.63) is 82.0 Å². The molecule has 0 aliphatic carbocycles. The van der Waals surface area contributed by atoms with Crippen molar-refractivity contribution < 1.29 is 24.1 Å². The molecule has 0 fully saturated rings. The van der Waals surface area contributed by atoms with Crippen LogP contribution in [-0.2, 0) is 16.1 Å². The summed E-state index contributed by atoms with van der Waals surface area (Å²) in [6.07, 6.45) is 0.513. The summed E-state index contributed by atoms with van der Waals surface area (Å²) in [6, 6.07) is 17.1. The molecule has 0 amide bonds. The SMILES string of the molecule is COc1cc(-c2nccc(-c3cccc(-c4ccc(C5=NCCN5)c(OC)n4)c3Cl)c2Cl)ccc1CNC[C@@H](O)CC(=O)OC(C)C. The van der Waals surface area contributed by atoms with Gasteiger partial charge in [0.25, 0.3) is 0 Å². The van der Waals surface area contributed by atoms with E-state index < -0.39 is 12.1 Å². The summed E-state index contributed by atoms with van der Waals surface area (Å²) >= 11 is 14.1. The van der Waals surface area contributed by atoms with E-state index in [1.165, 1.54) is 0 Å². The Morgan fingerprint density at radius 2 is 1.79 bits per heavy atom. The number of rotatable bonds is 13. The Bertz CT molecular complexity index is 1780. The summed E-state index contributed by atoms with van der Waals surface area (Å²) in [5.74, 6) is 1.40. The fraction of sp³-hybridized carbons (Fsp3) is 0.314. The lowest BCUT2D eigenvalue weighted by atomic mass is 9.99. The summed E-state index contributed by atoms with van der Waals surface area (Å²) in [4.78, 5) is 25.6. The van der Waals surface area contributed by atoms with Gasteiger partial charge < -0.3 is 30.0 Å². The normalized spacial score (nSPS) is 13.2. The van der Waals surface area contributed by atoms with E-state index in [9.17, 15) is 9.90 Å². The number of pyridine rings is 2. The van der Waals surface area contributed by atoms with Crippen molar-refractivity contribution in [3.8, 4) is 45.3 Å². The molecule has 3 N–H and O–H groups in total. The fourth-order valence-corrected chi connectivity index (χ4v) is 5.93. The molecule has 3 heterocycles. The first kappa shape index (κ1) is 34.1. The molecule has 2 aromatic heterocycles. The zero-order valence-electron chi connectivity index (χ0n) is 26.6. The highest BCUT2D eigenvalue weighted by Crippen LogP contribution is 2.42. The lowest BCUT2D eigenvalue weighted by molar-refractivity contribution is -0.149. The monoisotopic (exact) mass is 677 g/mol. The van der Waals surface area contributed by atoms with Crippen molar-refractivity contribution in [2.75, 3.05) is 33.9 Å². The predicted molar refractivity (Wildman–Crippen MR) is 184 cm³/mol. The summed E-state index contributed by atoms with van der Waals surface area (Å²) in [5.41, 5.74) is 5.80. The molecule has 2 aromatic carbocycles. The van der Waals surface area contributed by atoms with Gasteiger partial charge in [0.15, 0.2) is 0 Å². The van der Waals surface area contributed by atoms with Gasteiger partial charge in [-0.05, 0) is 38.1 Å². The van der Waals surface area contributed by atoms with E-state index in [4.69, 9.17) is 42.4 Å². The molecule has 10 nitrogen and oxygen atoms in total. The third-order valence-electron chi connectivity index (χ3n) is 7.46. The third kappa shape index (κ3) is 8.02. The molecular formula is C35H37Cl2N5O5. The van der Waals surface area contributed by atoms with Crippen LogP contribution < -0.4 is 20.1 Å². The van der Waals surface area contributed by atoms with Gasteiger partial charge in [0, 0.05) is 53.6 Å². The van der Waals surface area contributed by atoms with Gasteiger partial charge in [-0.3, -0.25) is 14.8 Å². The van der Waals surface area contributed by atoms with Gasteiger partial charge in [0.05, 0.1) is 66.4 Å². The second-order valence-corrected chi connectivity index (χ2v) is 11.9. The number of ether oxygens (including phenoxy) is 3. The van der Waals surface area contributed by atoms with Crippen LogP contribution in [0.3, 0.4) is 0 Å². The number of amidine groups is 1. The van der Waals surface area contributed by atoms with Crippen molar-refractivity contribution in [2.24, 2.45) is 4.99 Å². The quantitative estimate of drug-likeness (QED) is 0.147. The maximum atomic E-state index is 11.8. The maximum absolute atomic E-state index is 11.8. The predicted octanol–water partition coefficient (Wildman–Crippen LogP) is 5.94. The Kier molecular flexibility index (Phi) is 11.3. The molecule has 0 radical (unpaired) electrons. The minimum absolute atomic E-state index is 0.0838. The van der Waals surface area contributed by atoms with Crippen LogP contribution in [0.5, 0.6) is 11.6 Å². The molecule has 1 atom stereocenters. The van der Waals surface area contributed by atoms with Gasteiger partial charge in [-0.2, -0.15) is 0 Å². The number of aromatic nitrogens is 2. The lowest BCUT2D eigenvalue weighted by Crippen LogP contribution is -2.29. The number of nitrogens with one attached hydrogen (secondary N) is 2. The number of benzene rings is 2. The Labute approximate surface area is 284 Å². The molecule has 47 heavy (non-hydrogen) atoms. The van der Waals surface area contributed by atoms with Crippen LogP contribution in [0.25, 0.3) is 33.6 Å². The van der Waals surface area contributed by atoms with Crippen LogP contribution in [0, 0.1) is 0 Å². The van der Waals surface area contributed by atoms with Gasteiger partial charge in [-0.25, -0.2) is 4.98 Å². The van der Waals surface area contributed by atoms with Crippen LogP contribution in [-0.4, -0.2) is 72.9 Å². The van der Waals surface area contributed by atoms with E-state index in [0.717, 1.165) is 40.2 Å². The average molecular weight is 679 g/mol. The summed E-state index contributed by atoms with van der Waals surface area (Å²) in [7, 11) is 3.17. The molecule has 0 spiro atoms. The van der Waals surface area contributed by atoms with Crippen LogP contribution in [0.4, 0.5) is 0 Å². The Morgan fingerprint density at radius 3 is 2.51 bits per heavy atom. The number of halogens is 2. The minimum atomic E-state index is -0.871. The maximum Gasteiger partial charge on any atom is 0.308 e. The molecule has 0 bridgehead atoms.